The minimum atomic E-state index is -0.557. The van der Waals surface area contributed by atoms with E-state index in [0.29, 0.717) is 0 Å². The van der Waals surface area contributed by atoms with Crippen molar-refractivity contribution in [3.05, 3.63) is 0 Å². The van der Waals surface area contributed by atoms with Crippen LogP contribution in [0.1, 0.15) is 41.0 Å². The number of hydrogen-bond donors (Lipinski definition) is 1. The molecule has 0 bridgehead atoms. The monoisotopic (exact) mass is 187 g/mol. The highest BCUT2D eigenvalue weighted by Gasteiger charge is 2.27. The Balaban J connectivity index is 4.08. The summed E-state index contributed by atoms with van der Waals surface area (Å²) in [5, 5.41) is 9.72. The van der Waals surface area contributed by atoms with Gasteiger partial charge >= 0.3 is 0 Å². The zero-order valence-corrected chi connectivity index (χ0v) is 10.0. The van der Waals surface area contributed by atoms with Crippen LogP contribution in [-0.2, 0) is 0 Å². The molecule has 0 amide bonds. The van der Waals surface area contributed by atoms with Crippen LogP contribution in [0.25, 0.3) is 0 Å². The molecule has 0 aromatic heterocycles. The molecule has 0 aromatic carbocycles. The third kappa shape index (κ3) is 7.03. The second kappa shape index (κ2) is 4.43. The minimum absolute atomic E-state index is 0.184. The third-order valence-corrected chi connectivity index (χ3v) is 2.15. The molecule has 13 heavy (non-hydrogen) atoms. The van der Waals surface area contributed by atoms with Gasteiger partial charge in [0.2, 0.25) is 0 Å². The van der Waals surface area contributed by atoms with Gasteiger partial charge in [-0.15, -0.1) is 0 Å². The SMILES string of the molecule is CCN(C)CC(C)(C)CC(C)(C)O. The second-order valence-electron chi connectivity index (χ2n) is 5.48. The molecule has 1 N–H and O–H groups in total. The summed E-state index contributed by atoms with van der Waals surface area (Å²) in [7, 11) is 2.12. The molecule has 2 heteroatoms. The lowest BCUT2D eigenvalue weighted by molar-refractivity contribution is 0.0225. The molecular formula is C11H25NO. The molecule has 80 valence electrons. The molecule has 0 unspecified atom stereocenters. The van der Waals surface area contributed by atoms with Gasteiger partial charge in [-0.25, -0.2) is 0 Å². The Hall–Kier alpha value is -0.0800. The Morgan fingerprint density at radius 2 is 1.62 bits per heavy atom. The van der Waals surface area contributed by atoms with Crippen LogP contribution in [0.4, 0.5) is 0 Å². The van der Waals surface area contributed by atoms with E-state index in [1.807, 2.05) is 13.8 Å². The van der Waals surface area contributed by atoms with Crippen molar-refractivity contribution in [2.45, 2.75) is 46.6 Å². The van der Waals surface area contributed by atoms with E-state index in [2.05, 4.69) is 32.7 Å². The Labute approximate surface area is 82.9 Å². The van der Waals surface area contributed by atoms with E-state index in [-0.39, 0.29) is 5.41 Å². The maximum Gasteiger partial charge on any atom is 0.0597 e. The summed E-state index contributed by atoms with van der Waals surface area (Å²) < 4.78 is 0. The number of rotatable bonds is 5. The maximum atomic E-state index is 9.72. The predicted octanol–water partition coefficient (Wildman–Crippen LogP) is 2.13. The summed E-state index contributed by atoms with van der Waals surface area (Å²) in [5.41, 5.74) is -0.374. The molecule has 0 atom stereocenters. The van der Waals surface area contributed by atoms with Crippen molar-refractivity contribution in [1.29, 1.82) is 0 Å². The van der Waals surface area contributed by atoms with Crippen LogP contribution >= 0.6 is 0 Å². The van der Waals surface area contributed by atoms with Gasteiger partial charge in [-0.3, -0.25) is 0 Å². The van der Waals surface area contributed by atoms with Gasteiger partial charge in [-0.1, -0.05) is 20.8 Å². The van der Waals surface area contributed by atoms with E-state index in [4.69, 9.17) is 0 Å². The lowest BCUT2D eigenvalue weighted by Crippen LogP contribution is -2.37. The van der Waals surface area contributed by atoms with Gasteiger partial charge in [0.15, 0.2) is 0 Å². The third-order valence-electron chi connectivity index (χ3n) is 2.15. The van der Waals surface area contributed by atoms with E-state index in [1.165, 1.54) is 0 Å². The van der Waals surface area contributed by atoms with Crippen LogP contribution in [0.2, 0.25) is 0 Å². The van der Waals surface area contributed by atoms with Gasteiger partial charge in [0.05, 0.1) is 5.60 Å². The van der Waals surface area contributed by atoms with Crippen LogP contribution in [0.15, 0.2) is 0 Å². The largest absolute Gasteiger partial charge is 0.390 e. The first kappa shape index (κ1) is 12.9. The minimum Gasteiger partial charge on any atom is -0.390 e. The van der Waals surface area contributed by atoms with Crippen molar-refractivity contribution in [2.75, 3.05) is 20.1 Å². The fraction of sp³-hybridized carbons (Fsp3) is 1.00. The second-order valence-corrected chi connectivity index (χ2v) is 5.48. The van der Waals surface area contributed by atoms with Crippen LogP contribution in [0.5, 0.6) is 0 Å². The number of hydrogen-bond acceptors (Lipinski definition) is 2. The van der Waals surface area contributed by atoms with Crippen LogP contribution in [0.3, 0.4) is 0 Å². The molecule has 0 aliphatic rings. The molecule has 0 spiro atoms. The Morgan fingerprint density at radius 1 is 1.15 bits per heavy atom. The molecule has 0 fully saturated rings. The van der Waals surface area contributed by atoms with Gasteiger partial charge in [0.1, 0.15) is 0 Å². The molecule has 0 aliphatic carbocycles. The van der Waals surface area contributed by atoms with E-state index in [1.54, 1.807) is 0 Å². The van der Waals surface area contributed by atoms with Crippen molar-refractivity contribution >= 4 is 0 Å². The van der Waals surface area contributed by atoms with Gasteiger partial charge in [-0.05, 0) is 39.3 Å². The summed E-state index contributed by atoms with van der Waals surface area (Å²) in [6.45, 7) is 12.4. The van der Waals surface area contributed by atoms with Gasteiger partial charge in [-0.2, -0.15) is 0 Å². The highest BCUT2D eigenvalue weighted by molar-refractivity contribution is 4.80. The highest BCUT2D eigenvalue weighted by Crippen LogP contribution is 2.28. The summed E-state index contributed by atoms with van der Waals surface area (Å²) >= 11 is 0. The van der Waals surface area contributed by atoms with Gasteiger partial charge in [0.25, 0.3) is 0 Å². The summed E-state index contributed by atoms with van der Waals surface area (Å²) in [6.07, 6.45) is 0.838. The average molecular weight is 187 g/mol. The van der Waals surface area contributed by atoms with E-state index >= 15 is 0 Å². The zero-order valence-electron chi connectivity index (χ0n) is 10.0. The molecule has 0 aromatic rings. The van der Waals surface area contributed by atoms with Crippen molar-refractivity contribution in [3.8, 4) is 0 Å². The zero-order chi connectivity index (χ0) is 10.7. The summed E-state index contributed by atoms with van der Waals surface area (Å²) in [5.74, 6) is 0. The fourth-order valence-electron chi connectivity index (χ4n) is 2.07. The molecule has 0 rings (SSSR count). The normalized spacial score (nSPS) is 13.8. The van der Waals surface area contributed by atoms with E-state index < -0.39 is 5.60 Å². The quantitative estimate of drug-likeness (QED) is 0.712. The van der Waals surface area contributed by atoms with Crippen molar-refractivity contribution < 1.29 is 5.11 Å². The molecular weight excluding hydrogens is 162 g/mol. The number of nitrogens with zero attached hydrogens (tertiary/aromatic N) is 1. The van der Waals surface area contributed by atoms with Crippen LogP contribution in [0, 0.1) is 5.41 Å². The first-order valence-corrected chi connectivity index (χ1v) is 5.07. The Bertz CT molecular complexity index is 147. The summed E-state index contributed by atoms with van der Waals surface area (Å²) in [6, 6.07) is 0. The fourth-order valence-corrected chi connectivity index (χ4v) is 2.07. The Kier molecular flexibility index (Phi) is 4.40. The van der Waals surface area contributed by atoms with E-state index in [9.17, 15) is 5.11 Å². The lowest BCUT2D eigenvalue weighted by atomic mass is 9.81. The standard InChI is InChI=1S/C11H25NO/c1-7-12(6)9-10(2,3)8-11(4,5)13/h13H,7-9H2,1-6H3. The molecule has 2 nitrogen and oxygen atoms in total. The molecule has 0 saturated heterocycles. The van der Waals surface area contributed by atoms with Crippen molar-refractivity contribution in [3.63, 3.8) is 0 Å². The lowest BCUT2D eigenvalue weighted by Gasteiger charge is -2.34. The average Bonchev–Trinajstić information content (AvgIpc) is 1.80. The van der Waals surface area contributed by atoms with Crippen LogP contribution in [-0.4, -0.2) is 35.7 Å². The van der Waals surface area contributed by atoms with E-state index in [0.717, 1.165) is 19.5 Å². The smallest absolute Gasteiger partial charge is 0.0597 e. The van der Waals surface area contributed by atoms with Gasteiger partial charge < -0.3 is 10.0 Å². The van der Waals surface area contributed by atoms with Crippen LogP contribution < -0.4 is 0 Å². The molecule has 0 radical (unpaired) electrons. The Morgan fingerprint density at radius 3 is 1.92 bits per heavy atom. The molecule has 0 aliphatic heterocycles. The summed E-state index contributed by atoms with van der Waals surface area (Å²) in [4.78, 5) is 2.28. The first-order valence-electron chi connectivity index (χ1n) is 5.07. The molecule has 0 heterocycles. The predicted molar refractivity (Wildman–Crippen MR) is 57.9 cm³/mol. The maximum absolute atomic E-state index is 9.72. The van der Waals surface area contributed by atoms with Gasteiger partial charge in [0, 0.05) is 6.54 Å². The van der Waals surface area contributed by atoms with Crippen molar-refractivity contribution in [2.24, 2.45) is 5.41 Å². The highest BCUT2D eigenvalue weighted by atomic mass is 16.3. The van der Waals surface area contributed by atoms with Crippen molar-refractivity contribution in [1.82, 2.24) is 4.90 Å². The molecule has 0 saturated carbocycles. The number of aliphatic hydroxyl groups is 1. The first-order chi connectivity index (χ1) is 5.66. The topological polar surface area (TPSA) is 23.5 Å².